The summed E-state index contributed by atoms with van der Waals surface area (Å²) in [6.45, 7) is 3.54. The predicted molar refractivity (Wildman–Crippen MR) is 84.0 cm³/mol. The number of para-hydroxylation sites is 1. The van der Waals surface area contributed by atoms with Crippen molar-refractivity contribution in [2.24, 2.45) is 5.10 Å². The molecule has 4 nitrogen and oxygen atoms in total. The Kier molecular flexibility index (Phi) is 4.60. The van der Waals surface area contributed by atoms with Crippen molar-refractivity contribution in [3.63, 3.8) is 0 Å². The number of benzene rings is 2. The number of aryl methyl sites for hydroxylation is 1. The highest BCUT2D eigenvalue weighted by atomic mass is 35.5. The second-order valence-corrected chi connectivity index (χ2v) is 5.00. The first-order valence-electron chi connectivity index (χ1n) is 6.39. The molecule has 0 atom stereocenters. The number of nitrogens with one attached hydrogen (secondary N) is 1. The summed E-state index contributed by atoms with van der Waals surface area (Å²) in [6, 6.07) is 12.2. The fourth-order valence-corrected chi connectivity index (χ4v) is 2.06. The van der Waals surface area contributed by atoms with Gasteiger partial charge in [0.1, 0.15) is 5.75 Å². The molecule has 0 saturated carbocycles. The number of carbonyl (C=O) groups is 1. The molecule has 0 heterocycles. The van der Waals surface area contributed by atoms with Crippen molar-refractivity contribution in [2.75, 3.05) is 0 Å². The molecule has 2 rings (SSSR count). The Balaban J connectivity index is 2.19. The van der Waals surface area contributed by atoms with Crippen LogP contribution < -0.4 is 5.43 Å². The molecule has 0 aliphatic carbocycles. The molecular weight excluding hydrogens is 288 g/mol. The first-order valence-corrected chi connectivity index (χ1v) is 6.76. The number of phenolic OH excluding ortho intramolecular Hbond substituents is 1. The van der Waals surface area contributed by atoms with Crippen molar-refractivity contribution >= 4 is 23.2 Å². The second-order valence-electron chi connectivity index (χ2n) is 4.59. The third-order valence-corrected chi connectivity index (χ3v) is 3.40. The molecular formula is C16H15ClN2O2. The molecule has 0 spiro atoms. The monoisotopic (exact) mass is 302 g/mol. The van der Waals surface area contributed by atoms with Gasteiger partial charge in [-0.15, -0.1) is 0 Å². The first kappa shape index (κ1) is 15.1. The molecule has 21 heavy (non-hydrogen) atoms. The van der Waals surface area contributed by atoms with E-state index in [1.54, 1.807) is 37.3 Å². The van der Waals surface area contributed by atoms with Crippen molar-refractivity contribution in [1.82, 2.24) is 5.43 Å². The van der Waals surface area contributed by atoms with E-state index in [0.717, 1.165) is 5.56 Å². The molecule has 0 aliphatic rings. The van der Waals surface area contributed by atoms with E-state index in [0.29, 0.717) is 16.8 Å². The topological polar surface area (TPSA) is 61.7 Å². The van der Waals surface area contributed by atoms with E-state index in [9.17, 15) is 9.90 Å². The number of hydrogen-bond donors (Lipinski definition) is 2. The maximum absolute atomic E-state index is 12.0. The van der Waals surface area contributed by atoms with Gasteiger partial charge in [-0.3, -0.25) is 4.79 Å². The second kappa shape index (κ2) is 6.41. The zero-order chi connectivity index (χ0) is 15.4. The Morgan fingerprint density at radius 2 is 1.81 bits per heavy atom. The lowest BCUT2D eigenvalue weighted by molar-refractivity contribution is 0.0954. The van der Waals surface area contributed by atoms with Crippen LogP contribution in [0.1, 0.15) is 28.4 Å². The van der Waals surface area contributed by atoms with Crippen LogP contribution in [0.15, 0.2) is 47.6 Å². The molecule has 0 saturated heterocycles. The van der Waals surface area contributed by atoms with Gasteiger partial charge in [-0.1, -0.05) is 35.9 Å². The van der Waals surface area contributed by atoms with Crippen LogP contribution in [-0.2, 0) is 0 Å². The van der Waals surface area contributed by atoms with E-state index < -0.39 is 0 Å². The molecule has 1 amide bonds. The van der Waals surface area contributed by atoms with Gasteiger partial charge >= 0.3 is 0 Å². The molecule has 0 aromatic heterocycles. The zero-order valence-electron chi connectivity index (χ0n) is 11.7. The largest absolute Gasteiger partial charge is 0.506 e. The highest BCUT2D eigenvalue weighted by Gasteiger charge is 2.10. The van der Waals surface area contributed by atoms with Crippen molar-refractivity contribution < 1.29 is 9.90 Å². The highest BCUT2D eigenvalue weighted by molar-refractivity contribution is 6.32. The third-order valence-electron chi connectivity index (χ3n) is 3.09. The average molecular weight is 303 g/mol. The summed E-state index contributed by atoms with van der Waals surface area (Å²) in [6.07, 6.45) is 0. The maximum Gasteiger partial charge on any atom is 0.271 e. The summed E-state index contributed by atoms with van der Waals surface area (Å²) in [5, 5.41) is 14.1. The average Bonchev–Trinajstić information content (AvgIpc) is 2.47. The molecule has 0 fully saturated rings. The lowest BCUT2D eigenvalue weighted by atomic mass is 10.1. The highest BCUT2D eigenvalue weighted by Crippen LogP contribution is 2.27. The van der Waals surface area contributed by atoms with Crippen molar-refractivity contribution in [3.8, 4) is 5.75 Å². The van der Waals surface area contributed by atoms with Crippen LogP contribution in [0.2, 0.25) is 5.02 Å². The SMILES string of the molecule is C/C(=N\NC(=O)c1ccccc1C)c1cccc(Cl)c1O. The van der Waals surface area contributed by atoms with Crippen molar-refractivity contribution in [2.45, 2.75) is 13.8 Å². The van der Waals surface area contributed by atoms with Crippen molar-refractivity contribution in [1.29, 1.82) is 0 Å². The quantitative estimate of drug-likeness (QED) is 0.673. The van der Waals surface area contributed by atoms with Crippen LogP contribution in [0.4, 0.5) is 0 Å². The lowest BCUT2D eigenvalue weighted by Crippen LogP contribution is -2.20. The van der Waals surface area contributed by atoms with Gasteiger partial charge in [-0.05, 0) is 37.6 Å². The first-order chi connectivity index (χ1) is 10.0. The molecule has 0 radical (unpaired) electrons. The van der Waals surface area contributed by atoms with Gasteiger partial charge in [0.15, 0.2) is 0 Å². The molecule has 5 heteroatoms. The summed E-state index contributed by atoms with van der Waals surface area (Å²) in [4.78, 5) is 12.0. The summed E-state index contributed by atoms with van der Waals surface area (Å²) >= 11 is 5.84. The van der Waals surface area contributed by atoms with E-state index in [1.807, 2.05) is 19.1 Å². The standard InChI is InChI=1S/C16H15ClN2O2/c1-10-6-3-4-7-12(10)16(21)19-18-11(2)13-8-5-9-14(17)15(13)20/h3-9,20H,1-2H3,(H,19,21)/b18-11+. The number of halogens is 1. The predicted octanol–water partition coefficient (Wildman–Crippen LogP) is 3.51. The van der Waals surface area contributed by atoms with Crippen molar-refractivity contribution in [3.05, 3.63) is 64.2 Å². The van der Waals surface area contributed by atoms with E-state index in [2.05, 4.69) is 10.5 Å². The van der Waals surface area contributed by atoms with Gasteiger partial charge in [-0.25, -0.2) is 5.43 Å². The summed E-state index contributed by atoms with van der Waals surface area (Å²) in [7, 11) is 0. The third kappa shape index (κ3) is 3.41. The van der Waals surface area contributed by atoms with Gasteiger partial charge in [0, 0.05) is 11.1 Å². The maximum atomic E-state index is 12.0. The molecule has 2 aromatic carbocycles. The van der Waals surface area contributed by atoms with E-state index >= 15 is 0 Å². The Hall–Kier alpha value is -2.33. The van der Waals surface area contributed by atoms with Crippen LogP contribution >= 0.6 is 11.6 Å². The number of amides is 1. The summed E-state index contributed by atoms with van der Waals surface area (Å²) in [5.74, 6) is -0.348. The molecule has 0 unspecified atom stereocenters. The number of carbonyl (C=O) groups excluding carboxylic acids is 1. The minimum atomic E-state index is -0.297. The van der Waals surface area contributed by atoms with E-state index in [-0.39, 0.29) is 16.7 Å². The normalized spacial score (nSPS) is 11.3. The van der Waals surface area contributed by atoms with Crippen LogP contribution in [0, 0.1) is 6.92 Å². The molecule has 0 bridgehead atoms. The Morgan fingerprint density at radius 3 is 2.52 bits per heavy atom. The summed E-state index contributed by atoms with van der Waals surface area (Å²) in [5.41, 5.74) is 4.86. The number of rotatable bonds is 3. The molecule has 2 aromatic rings. The fraction of sp³-hybridized carbons (Fsp3) is 0.125. The number of hydrogen-bond acceptors (Lipinski definition) is 3. The number of aromatic hydroxyl groups is 1. The van der Waals surface area contributed by atoms with Crippen LogP contribution in [0.25, 0.3) is 0 Å². The lowest BCUT2D eigenvalue weighted by Gasteiger charge is -2.07. The Morgan fingerprint density at radius 1 is 1.14 bits per heavy atom. The minimum Gasteiger partial charge on any atom is -0.506 e. The van der Waals surface area contributed by atoms with Gasteiger partial charge in [0.25, 0.3) is 5.91 Å². The van der Waals surface area contributed by atoms with Gasteiger partial charge in [0.2, 0.25) is 0 Å². The number of hydrazone groups is 1. The molecule has 108 valence electrons. The Bertz CT molecular complexity index is 711. The van der Waals surface area contributed by atoms with Crippen LogP contribution in [0.3, 0.4) is 0 Å². The zero-order valence-corrected chi connectivity index (χ0v) is 12.5. The Labute approximate surface area is 128 Å². The molecule has 2 N–H and O–H groups in total. The smallest absolute Gasteiger partial charge is 0.271 e. The molecule has 0 aliphatic heterocycles. The minimum absolute atomic E-state index is 0.0504. The van der Waals surface area contributed by atoms with Gasteiger partial charge < -0.3 is 5.11 Å². The number of phenols is 1. The van der Waals surface area contributed by atoms with Crippen LogP contribution in [-0.4, -0.2) is 16.7 Å². The van der Waals surface area contributed by atoms with E-state index in [1.165, 1.54) is 0 Å². The van der Waals surface area contributed by atoms with E-state index in [4.69, 9.17) is 11.6 Å². The van der Waals surface area contributed by atoms with Gasteiger partial charge in [0.05, 0.1) is 10.7 Å². The summed E-state index contributed by atoms with van der Waals surface area (Å²) < 4.78 is 0. The fourth-order valence-electron chi connectivity index (χ4n) is 1.89. The van der Waals surface area contributed by atoms with Crippen LogP contribution in [0.5, 0.6) is 5.75 Å². The van der Waals surface area contributed by atoms with Gasteiger partial charge in [-0.2, -0.15) is 5.10 Å². The number of nitrogens with zero attached hydrogens (tertiary/aromatic N) is 1.